The average molecular weight is 257 g/mol. The zero-order valence-electron chi connectivity index (χ0n) is 8.70. The van der Waals surface area contributed by atoms with Gasteiger partial charge < -0.3 is 10.6 Å². The lowest BCUT2D eigenvalue weighted by Gasteiger charge is -2.19. The van der Waals surface area contributed by atoms with Crippen LogP contribution >= 0.6 is 15.9 Å². The van der Waals surface area contributed by atoms with E-state index in [0.29, 0.717) is 0 Å². The normalized spacial score (nSPS) is 13.2. The molecule has 78 valence electrons. The van der Waals surface area contributed by atoms with Crippen molar-refractivity contribution < 1.29 is 0 Å². The summed E-state index contributed by atoms with van der Waals surface area (Å²) >= 11 is 3.53. The van der Waals surface area contributed by atoms with E-state index in [4.69, 9.17) is 5.73 Å². The van der Waals surface area contributed by atoms with Gasteiger partial charge in [-0.25, -0.2) is 0 Å². The van der Waals surface area contributed by atoms with E-state index in [1.807, 2.05) is 13.0 Å². The quantitative estimate of drug-likeness (QED) is 0.896. The van der Waals surface area contributed by atoms with E-state index < -0.39 is 0 Å². The first-order valence-corrected chi connectivity index (χ1v) is 5.56. The Balaban J connectivity index is 2.56. The lowest BCUT2D eigenvalue weighted by molar-refractivity contribution is 0.309. The molecule has 0 aliphatic rings. The summed E-state index contributed by atoms with van der Waals surface area (Å²) in [5, 5.41) is 0. The summed E-state index contributed by atoms with van der Waals surface area (Å²) in [7, 11) is 2.09. The minimum absolute atomic E-state index is 0.225. The molecule has 0 fully saturated rings. The van der Waals surface area contributed by atoms with Crippen molar-refractivity contribution in [2.75, 3.05) is 13.6 Å². The Morgan fingerprint density at radius 2 is 2.07 bits per heavy atom. The van der Waals surface area contributed by atoms with Crippen LogP contribution < -0.4 is 5.73 Å². The van der Waals surface area contributed by atoms with Gasteiger partial charge in [0.25, 0.3) is 0 Å². The third kappa shape index (κ3) is 3.78. The van der Waals surface area contributed by atoms with Crippen molar-refractivity contribution in [1.29, 1.82) is 0 Å². The maximum absolute atomic E-state index is 5.73. The van der Waals surface area contributed by atoms with Gasteiger partial charge in [0.1, 0.15) is 0 Å². The molecular formula is C11H17BrN2. The highest BCUT2D eigenvalue weighted by molar-refractivity contribution is 9.10. The first-order valence-electron chi connectivity index (χ1n) is 4.77. The van der Waals surface area contributed by atoms with Crippen molar-refractivity contribution in [3.8, 4) is 0 Å². The molecule has 2 nitrogen and oxygen atoms in total. The molecule has 1 aromatic rings. The van der Waals surface area contributed by atoms with E-state index in [1.54, 1.807) is 0 Å². The van der Waals surface area contributed by atoms with Crippen molar-refractivity contribution in [3.05, 3.63) is 34.3 Å². The lowest BCUT2D eigenvalue weighted by atomic mass is 10.2. The minimum Gasteiger partial charge on any atom is -0.327 e. The van der Waals surface area contributed by atoms with Crippen LogP contribution in [0.25, 0.3) is 0 Å². The molecule has 2 N–H and O–H groups in total. The van der Waals surface area contributed by atoms with Crippen molar-refractivity contribution >= 4 is 15.9 Å². The molecule has 0 aliphatic heterocycles. The second-order valence-corrected chi connectivity index (χ2v) is 4.62. The number of hydrogen-bond acceptors (Lipinski definition) is 2. The maximum Gasteiger partial charge on any atom is 0.0242 e. The average Bonchev–Trinajstić information content (AvgIpc) is 2.07. The topological polar surface area (TPSA) is 29.3 Å². The molecule has 1 unspecified atom stereocenters. The first kappa shape index (κ1) is 11.7. The summed E-state index contributed by atoms with van der Waals surface area (Å²) in [6.07, 6.45) is 0. The standard InChI is InChI=1S/C11H17BrN2/c1-9(13)7-14(2)8-10-5-3-4-6-11(10)12/h3-6,9H,7-8,13H2,1-2H3. The van der Waals surface area contributed by atoms with Gasteiger partial charge in [0, 0.05) is 23.6 Å². The van der Waals surface area contributed by atoms with Gasteiger partial charge in [-0.2, -0.15) is 0 Å². The molecule has 0 saturated heterocycles. The summed E-state index contributed by atoms with van der Waals surface area (Å²) in [5.74, 6) is 0. The van der Waals surface area contributed by atoms with Gasteiger partial charge in [0.2, 0.25) is 0 Å². The second kappa shape index (κ2) is 5.49. The molecule has 1 aromatic carbocycles. The number of rotatable bonds is 4. The molecule has 0 heterocycles. The molecule has 3 heteroatoms. The minimum atomic E-state index is 0.225. The fourth-order valence-corrected chi connectivity index (χ4v) is 1.88. The van der Waals surface area contributed by atoms with Gasteiger partial charge in [-0.05, 0) is 25.6 Å². The van der Waals surface area contributed by atoms with Crippen LogP contribution in [0.3, 0.4) is 0 Å². The SMILES string of the molecule is CC(N)CN(C)Cc1ccccc1Br. The van der Waals surface area contributed by atoms with Crippen molar-refractivity contribution in [2.24, 2.45) is 5.73 Å². The summed E-state index contributed by atoms with van der Waals surface area (Å²) in [5.41, 5.74) is 7.03. The molecule has 0 spiro atoms. The highest BCUT2D eigenvalue weighted by Crippen LogP contribution is 2.17. The fourth-order valence-electron chi connectivity index (χ4n) is 1.47. The van der Waals surface area contributed by atoms with Crippen molar-refractivity contribution in [2.45, 2.75) is 19.5 Å². The van der Waals surface area contributed by atoms with E-state index in [0.717, 1.165) is 17.6 Å². The molecule has 0 aliphatic carbocycles. The van der Waals surface area contributed by atoms with Crippen LogP contribution in [-0.2, 0) is 6.54 Å². The molecular weight excluding hydrogens is 240 g/mol. The van der Waals surface area contributed by atoms with E-state index in [1.165, 1.54) is 5.56 Å². The first-order chi connectivity index (χ1) is 6.59. The van der Waals surface area contributed by atoms with E-state index in [9.17, 15) is 0 Å². The fraction of sp³-hybridized carbons (Fsp3) is 0.455. The Labute approximate surface area is 94.2 Å². The Kier molecular flexibility index (Phi) is 4.58. The van der Waals surface area contributed by atoms with Crippen LogP contribution in [0.2, 0.25) is 0 Å². The Hall–Kier alpha value is -0.380. The molecule has 1 atom stereocenters. The highest BCUT2D eigenvalue weighted by Gasteiger charge is 2.04. The van der Waals surface area contributed by atoms with Crippen molar-refractivity contribution in [1.82, 2.24) is 4.90 Å². The van der Waals surface area contributed by atoms with Gasteiger partial charge in [0.05, 0.1) is 0 Å². The van der Waals surface area contributed by atoms with Gasteiger partial charge in [-0.3, -0.25) is 0 Å². The number of nitrogens with two attached hydrogens (primary N) is 1. The second-order valence-electron chi connectivity index (χ2n) is 3.77. The zero-order chi connectivity index (χ0) is 10.6. The summed E-state index contributed by atoms with van der Waals surface area (Å²) < 4.78 is 1.16. The zero-order valence-corrected chi connectivity index (χ0v) is 10.3. The molecule has 0 radical (unpaired) electrons. The van der Waals surface area contributed by atoms with Crippen LogP contribution in [0.1, 0.15) is 12.5 Å². The molecule has 0 saturated carbocycles. The number of likely N-dealkylation sites (N-methyl/N-ethyl adjacent to an activating group) is 1. The molecule has 0 amide bonds. The van der Waals surface area contributed by atoms with Crippen LogP contribution in [0.5, 0.6) is 0 Å². The monoisotopic (exact) mass is 256 g/mol. The van der Waals surface area contributed by atoms with Gasteiger partial charge in [0.15, 0.2) is 0 Å². The lowest BCUT2D eigenvalue weighted by Crippen LogP contribution is -2.32. The van der Waals surface area contributed by atoms with Crippen LogP contribution in [0, 0.1) is 0 Å². The van der Waals surface area contributed by atoms with Gasteiger partial charge >= 0.3 is 0 Å². The third-order valence-corrected chi connectivity index (χ3v) is 2.77. The summed E-state index contributed by atoms with van der Waals surface area (Å²) in [6, 6.07) is 8.50. The highest BCUT2D eigenvalue weighted by atomic mass is 79.9. The van der Waals surface area contributed by atoms with Gasteiger partial charge in [-0.15, -0.1) is 0 Å². The van der Waals surface area contributed by atoms with E-state index in [2.05, 4.69) is 46.1 Å². The number of halogens is 1. The Morgan fingerprint density at radius 1 is 1.43 bits per heavy atom. The Bertz CT molecular complexity index is 286. The van der Waals surface area contributed by atoms with Gasteiger partial charge in [-0.1, -0.05) is 34.1 Å². The smallest absolute Gasteiger partial charge is 0.0242 e. The largest absolute Gasteiger partial charge is 0.327 e. The summed E-state index contributed by atoms with van der Waals surface area (Å²) in [4.78, 5) is 2.23. The van der Waals surface area contributed by atoms with Crippen molar-refractivity contribution in [3.63, 3.8) is 0 Å². The van der Waals surface area contributed by atoms with E-state index >= 15 is 0 Å². The number of benzene rings is 1. The maximum atomic E-state index is 5.73. The molecule has 0 bridgehead atoms. The van der Waals surface area contributed by atoms with Crippen LogP contribution in [0.4, 0.5) is 0 Å². The van der Waals surface area contributed by atoms with Crippen LogP contribution in [0.15, 0.2) is 28.7 Å². The van der Waals surface area contributed by atoms with Crippen LogP contribution in [-0.4, -0.2) is 24.5 Å². The predicted molar refractivity (Wildman–Crippen MR) is 64.1 cm³/mol. The molecule has 0 aromatic heterocycles. The summed E-state index contributed by atoms with van der Waals surface area (Å²) in [6.45, 7) is 3.88. The predicted octanol–water partition coefficient (Wildman–Crippen LogP) is 2.23. The third-order valence-electron chi connectivity index (χ3n) is 2.00. The Morgan fingerprint density at radius 3 is 2.64 bits per heavy atom. The number of nitrogens with zero attached hydrogens (tertiary/aromatic N) is 1. The number of hydrogen-bond donors (Lipinski definition) is 1. The molecule has 1 rings (SSSR count). The van der Waals surface area contributed by atoms with E-state index in [-0.39, 0.29) is 6.04 Å². The molecule has 14 heavy (non-hydrogen) atoms.